The zero-order valence-corrected chi connectivity index (χ0v) is 10.6. The van der Waals surface area contributed by atoms with E-state index >= 15 is 0 Å². The Morgan fingerprint density at radius 2 is 2.00 bits per heavy atom. The minimum absolute atomic E-state index is 0.00780. The van der Waals surface area contributed by atoms with Gasteiger partial charge in [-0.05, 0) is 28.1 Å². The summed E-state index contributed by atoms with van der Waals surface area (Å²) < 4.78 is 47.6. The van der Waals surface area contributed by atoms with Crippen LogP contribution in [-0.2, 0) is 22.3 Å². The van der Waals surface area contributed by atoms with Gasteiger partial charge in [0.05, 0.1) is 25.5 Å². The molecule has 0 aliphatic carbocycles. The van der Waals surface area contributed by atoms with Crippen molar-refractivity contribution in [2.75, 3.05) is 20.3 Å². The molecule has 17 heavy (non-hydrogen) atoms. The molecule has 0 bridgehead atoms. The Morgan fingerprint density at radius 1 is 1.29 bits per heavy atom. The van der Waals surface area contributed by atoms with E-state index in [1.165, 1.54) is 13.2 Å². The summed E-state index contributed by atoms with van der Waals surface area (Å²) in [6, 6.07) is 2.23. The van der Waals surface area contributed by atoms with E-state index in [1.807, 2.05) is 0 Å². The Balaban J connectivity index is 2.70. The Hall–Kier alpha value is -0.660. The molecule has 1 rings (SSSR count). The molecule has 0 saturated carbocycles. The highest BCUT2D eigenvalue weighted by molar-refractivity contribution is 9.10. The van der Waals surface area contributed by atoms with Crippen molar-refractivity contribution in [3.05, 3.63) is 28.0 Å². The van der Waals surface area contributed by atoms with Crippen LogP contribution in [0.15, 0.2) is 16.6 Å². The molecule has 0 amide bonds. The molecule has 0 N–H and O–H groups in total. The van der Waals surface area contributed by atoms with Gasteiger partial charge < -0.3 is 9.47 Å². The maximum atomic E-state index is 12.4. The van der Waals surface area contributed by atoms with E-state index in [4.69, 9.17) is 9.47 Å². The maximum absolute atomic E-state index is 12.4. The third kappa shape index (κ3) is 4.61. The summed E-state index contributed by atoms with van der Waals surface area (Å²) in [6.07, 6.45) is -4.44. The quantitative estimate of drug-likeness (QED) is 0.783. The average molecular weight is 314 g/mol. The SMILES string of the molecule is COCCOCc1nc(C(F)(F)F)ccc1Br. The number of aromatic nitrogens is 1. The predicted octanol–water partition coefficient (Wildman–Crippen LogP) is 3.03. The van der Waals surface area contributed by atoms with Crippen LogP contribution in [0.25, 0.3) is 0 Å². The molecule has 1 aromatic rings. The molecule has 0 aliphatic rings. The molecule has 0 atom stereocenters. The van der Waals surface area contributed by atoms with Crippen molar-refractivity contribution in [1.82, 2.24) is 4.98 Å². The molecule has 96 valence electrons. The highest BCUT2D eigenvalue weighted by Crippen LogP contribution is 2.29. The molecule has 0 saturated heterocycles. The molecule has 0 aliphatic heterocycles. The highest BCUT2D eigenvalue weighted by atomic mass is 79.9. The molecule has 0 unspecified atom stereocenters. The number of nitrogens with zero attached hydrogens (tertiary/aromatic N) is 1. The van der Waals surface area contributed by atoms with E-state index in [-0.39, 0.29) is 12.3 Å². The van der Waals surface area contributed by atoms with Gasteiger partial charge in [-0.15, -0.1) is 0 Å². The van der Waals surface area contributed by atoms with Crippen LogP contribution in [-0.4, -0.2) is 25.3 Å². The lowest BCUT2D eigenvalue weighted by molar-refractivity contribution is -0.141. The van der Waals surface area contributed by atoms with Crippen LogP contribution in [0.3, 0.4) is 0 Å². The Morgan fingerprint density at radius 3 is 2.59 bits per heavy atom. The molecule has 0 fully saturated rings. The van der Waals surface area contributed by atoms with Crippen molar-refractivity contribution in [2.45, 2.75) is 12.8 Å². The van der Waals surface area contributed by atoms with Gasteiger partial charge in [0.15, 0.2) is 0 Å². The van der Waals surface area contributed by atoms with E-state index in [0.29, 0.717) is 17.7 Å². The molecule has 0 spiro atoms. The Kier molecular flexibility index (Phi) is 5.35. The van der Waals surface area contributed by atoms with Crippen LogP contribution in [0, 0.1) is 0 Å². The summed E-state index contributed by atoms with van der Waals surface area (Å²) in [4.78, 5) is 3.50. The first-order chi connectivity index (χ1) is 7.95. The third-order valence-corrected chi connectivity index (χ3v) is 2.60. The van der Waals surface area contributed by atoms with Gasteiger partial charge in [0.2, 0.25) is 0 Å². The van der Waals surface area contributed by atoms with Crippen LogP contribution in [0.4, 0.5) is 13.2 Å². The average Bonchev–Trinajstić information content (AvgIpc) is 2.25. The number of alkyl halides is 3. The molecule has 7 heteroatoms. The fraction of sp³-hybridized carbons (Fsp3) is 0.500. The van der Waals surface area contributed by atoms with Crippen molar-refractivity contribution in [2.24, 2.45) is 0 Å². The lowest BCUT2D eigenvalue weighted by Gasteiger charge is -2.09. The summed E-state index contributed by atoms with van der Waals surface area (Å²) in [5, 5.41) is 0. The number of methoxy groups -OCH3 is 1. The van der Waals surface area contributed by atoms with Gasteiger partial charge in [-0.25, -0.2) is 4.98 Å². The summed E-state index contributed by atoms with van der Waals surface area (Å²) in [5.74, 6) is 0. The van der Waals surface area contributed by atoms with Crippen LogP contribution >= 0.6 is 15.9 Å². The zero-order valence-electron chi connectivity index (χ0n) is 9.05. The van der Waals surface area contributed by atoms with Crippen molar-refractivity contribution in [1.29, 1.82) is 0 Å². The minimum atomic E-state index is -4.44. The number of rotatable bonds is 5. The molecule has 0 radical (unpaired) electrons. The molecule has 0 aromatic carbocycles. The standard InChI is InChI=1S/C10H11BrF3NO2/c1-16-4-5-17-6-8-7(11)2-3-9(15-8)10(12,13)14/h2-3H,4-6H2,1H3. The van der Waals surface area contributed by atoms with Gasteiger partial charge in [-0.2, -0.15) is 13.2 Å². The summed E-state index contributed by atoms with van der Waals surface area (Å²) >= 11 is 3.13. The largest absolute Gasteiger partial charge is 0.433 e. The molecule has 1 heterocycles. The summed E-state index contributed by atoms with van der Waals surface area (Å²) in [6.45, 7) is 0.700. The van der Waals surface area contributed by atoms with Crippen molar-refractivity contribution < 1.29 is 22.6 Å². The fourth-order valence-corrected chi connectivity index (χ4v) is 1.39. The van der Waals surface area contributed by atoms with Crippen LogP contribution in [0.5, 0.6) is 0 Å². The van der Waals surface area contributed by atoms with E-state index in [2.05, 4.69) is 20.9 Å². The molecular formula is C10H11BrF3NO2. The normalized spacial score (nSPS) is 11.8. The number of hydrogen-bond acceptors (Lipinski definition) is 3. The molecule has 1 aromatic heterocycles. The second-order valence-electron chi connectivity index (χ2n) is 3.17. The number of hydrogen-bond donors (Lipinski definition) is 0. The second kappa shape index (κ2) is 6.32. The van der Waals surface area contributed by atoms with E-state index in [0.717, 1.165) is 6.07 Å². The first kappa shape index (κ1) is 14.4. The van der Waals surface area contributed by atoms with Crippen molar-refractivity contribution in [3.8, 4) is 0 Å². The minimum Gasteiger partial charge on any atom is -0.382 e. The Labute approximate surface area is 105 Å². The summed E-state index contributed by atoms with van der Waals surface area (Å²) in [5.41, 5.74) is -0.707. The first-order valence-electron chi connectivity index (χ1n) is 4.74. The van der Waals surface area contributed by atoms with Gasteiger partial charge in [0, 0.05) is 11.6 Å². The monoisotopic (exact) mass is 313 g/mol. The molecule has 3 nitrogen and oxygen atoms in total. The van der Waals surface area contributed by atoms with Gasteiger partial charge in [-0.3, -0.25) is 0 Å². The lowest BCUT2D eigenvalue weighted by atomic mass is 10.3. The van der Waals surface area contributed by atoms with Gasteiger partial charge in [0.25, 0.3) is 0 Å². The number of halogens is 4. The van der Waals surface area contributed by atoms with Gasteiger partial charge in [0.1, 0.15) is 5.69 Å². The highest BCUT2D eigenvalue weighted by Gasteiger charge is 2.32. The van der Waals surface area contributed by atoms with Crippen LogP contribution < -0.4 is 0 Å². The third-order valence-electron chi connectivity index (χ3n) is 1.88. The van der Waals surface area contributed by atoms with Crippen LogP contribution in [0.1, 0.15) is 11.4 Å². The maximum Gasteiger partial charge on any atom is 0.433 e. The van der Waals surface area contributed by atoms with E-state index in [1.54, 1.807) is 0 Å². The van der Waals surface area contributed by atoms with Crippen LogP contribution in [0.2, 0.25) is 0 Å². The topological polar surface area (TPSA) is 31.4 Å². The van der Waals surface area contributed by atoms with Crippen molar-refractivity contribution in [3.63, 3.8) is 0 Å². The summed E-state index contributed by atoms with van der Waals surface area (Å²) in [7, 11) is 1.52. The van der Waals surface area contributed by atoms with Gasteiger partial charge in [-0.1, -0.05) is 0 Å². The van der Waals surface area contributed by atoms with E-state index < -0.39 is 11.9 Å². The number of pyridine rings is 1. The molecular weight excluding hydrogens is 303 g/mol. The zero-order chi connectivity index (χ0) is 12.9. The first-order valence-corrected chi connectivity index (χ1v) is 5.53. The Bertz CT molecular complexity index is 371. The van der Waals surface area contributed by atoms with Gasteiger partial charge >= 0.3 is 6.18 Å². The smallest absolute Gasteiger partial charge is 0.382 e. The second-order valence-corrected chi connectivity index (χ2v) is 4.02. The predicted molar refractivity (Wildman–Crippen MR) is 58.5 cm³/mol. The lowest BCUT2D eigenvalue weighted by Crippen LogP contribution is -2.11. The van der Waals surface area contributed by atoms with Crippen molar-refractivity contribution >= 4 is 15.9 Å². The fourth-order valence-electron chi connectivity index (χ4n) is 1.05. The van der Waals surface area contributed by atoms with E-state index in [9.17, 15) is 13.2 Å². The number of ether oxygens (including phenoxy) is 2.